The second-order valence-electron chi connectivity index (χ2n) is 10.6. The molecule has 2 N–H and O–H groups in total. The largest absolute Gasteiger partial charge is 0.490 e. The summed E-state index contributed by atoms with van der Waals surface area (Å²) in [5, 5.41) is 6.70. The van der Waals surface area contributed by atoms with Crippen LogP contribution in [-0.2, 0) is 5.41 Å². The Labute approximate surface area is 223 Å². The number of ether oxygens (including phenoxy) is 2. The molecule has 3 heterocycles. The number of hydrogen-bond acceptors (Lipinski definition) is 6. The molecule has 5 rings (SSSR count). The summed E-state index contributed by atoms with van der Waals surface area (Å²) in [4.78, 5) is 22.0. The molecule has 1 unspecified atom stereocenters. The lowest BCUT2D eigenvalue weighted by atomic mass is 9.82. The molecule has 1 amide bonds. The minimum atomic E-state index is -0.293. The third-order valence-corrected chi connectivity index (χ3v) is 7.57. The fraction of sp³-hybridized carbons (Fsp3) is 0.433. The third kappa shape index (κ3) is 5.65. The first kappa shape index (κ1) is 26.1. The van der Waals surface area contributed by atoms with Gasteiger partial charge in [-0.2, -0.15) is 0 Å². The van der Waals surface area contributed by atoms with Crippen LogP contribution >= 0.6 is 0 Å². The van der Waals surface area contributed by atoms with Crippen molar-refractivity contribution in [2.45, 2.75) is 44.4 Å². The number of halogens is 1. The number of amides is 1. The van der Waals surface area contributed by atoms with Crippen LogP contribution in [0.2, 0.25) is 0 Å². The average Bonchev–Trinajstić information content (AvgIpc) is 3.71. The van der Waals surface area contributed by atoms with Crippen molar-refractivity contribution in [3.8, 4) is 22.9 Å². The number of carbonyl (C=O) groups excluding carboxylic acids is 1. The summed E-state index contributed by atoms with van der Waals surface area (Å²) in [6.45, 7) is 7.11. The molecule has 1 aromatic carbocycles. The predicted molar refractivity (Wildman–Crippen MR) is 144 cm³/mol. The average molecular weight is 519 g/mol. The van der Waals surface area contributed by atoms with Gasteiger partial charge >= 0.3 is 0 Å². The second-order valence-corrected chi connectivity index (χ2v) is 10.6. The van der Waals surface area contributed by atoms with Gasteiger partial charge in [-0.15, -0.1) is 0 Å². The van der Waals surface area contributed by atoms with Crippen molar-refractivity contribution in [3.63, 3.8) is 0 Å². The number of pyridine rings is 2. The van der Waals surface area contributed by atoms with E-state index in [1.54, 1.807) is 30.5 Å². The summed E-state index contributed by atoms with van der Waals surface area (Å²) in [5.41, 5.74) is 3.79. The van der Waals surface area contributed by atoms with E-state index in [9.17, 15) is 9.18 Å². The molecule has 1 saturated carbocycles. The number of nitrogens with one attached hydrogen (secondary N) is 2. The Bertz CT molecular complexity index is 1300. The highest BCUT2D eigenvalue weighted by molar-refractivity contribution is 5.94. The first-order valence-electron chi connectivity index (χ1n) is 13.3. The van der Waals surface area contributed by atoms with Crippen molar-refractivity contribution in [1.29, 1.82) is 0 Å². The van der Waals surface area contributed by atoms with E-state index < -0.39 is 0 Å². The monoisotopic (exact) mass is 518 g/mol. The smallest absolute Gasteiger partial charge is 0.251 e. The number of fused-ring (bicyclic) bond motifs is 1. The van der Waals surface area contributed by atoms with Gasteiger partial charge in [0, 0.05) is 59.1 Å². The summed E-state index contributed by atoms with van der Waals surface area (Å²) in [6, 6.07) is 11.8. The van der Waals surface area contributed by atoms with Crippen LogP contribution in [0.3, 0.4) is 0 Å². The zero-order valence-corrected chi connectivity index (χ0v) is 22.2. The van der Waals surface area contributed by atoms with Crippen LogP contribution in [0, 0.1) is 11.7 Å². The van der Waals surface area contributed by atoms with Crippen LogP contribution in [0.4, 0.5) is 4.39 Å². The highest BCUT2D eigenvalue weighted by Gasteiger charge is 2.39. The SMILES string of the molecule is CCC(CNC(=O)c1ccnc(OC)c1)c1cc2c(c(-c3ccc(F)cc3)n1)OC[C@]2(C)CNCC1CC1. The number of carbonyl (C=O) groups is 1. The van der Waals surface area contributed by atoms with Gasteiger partial charge in [0.2, 0.25) is 5.88 Å². The topological polar surface area (TPSA) is 85.4 Å². The van der Waals surface area contributed by atoms with Crippen molar-refractivity contribution >= 4 is 5.91 Å². The Morgan fingerprint density at radius 3 is 2.74 bits per heavy atom. The van der Waals surface area contributed by atoms with Crippen molar-refractivity contribution in [2.24, 2.45) is 5.92 Å². The van der Waals surface area contributed by atoms with E-state index in [4.69, 9.17) is 14.5 Å². The van der Waals surface area contributed by atoms with Gasteiger partial charge in [0.15, 0.2) is 0 Å². The van der Waals surface area contributed by atoms with Gasteiger partial charge < -0.3 is 20.1 Å². The van der Waals surface area contributed by atoms with Crippen LogP contribution in [0.25, 0.3) is 11.3 Å². The Balaban J connectivity index is 1.43. The molecule has 0 radical (unpaired) electrons. The summed E-state index contributed by atoms with van der Waals surface area (Å²) in [7, 11) is 1.52. The summed E-state index contributed by atoms with van der Waals surface area (Å²) in [6.07, 6.45) is 4.94. The molecule has 7 nitrogen and oxygen atoms in total. The van der Waals surface area contributed by atoms with E-state index in [2.05, 4.69) is 35.5 Å². The molecule has 1 fully saturated rings. The van der Waals surface area contributed by atoms with E-state index in [0.717, 1.165) is 48.0 Å². The molecule has 2 aliphatic rings. The molecule has 2 aromatic heterocycles. The maximum absolute atomic E-state index is 13.7. The van der Waals surface area contributed by atoms with Gasteiger partial charge in [0.05, 0.1) is 13.7 Å². The fourth-order valence-corrected chi connectivity index (χ4v) is 4.93. The van der Waals surface area contributed by atoms with E-state index in [0.29, 0.717) is 30.3 Å². The predicted octanol–water partition coefficient (Wildman–Crippen LogP) is 4.86. The molecule has 8 heteroatoms. The number of methoxy groups -OCH3 is 1. The molecule has 0 bridgehead atoms. The van der Waals surface area contributed by atoms with Crippen LogP contribution < -0.4 is 20.1 Å². The normalized spacial score (nSPS) is 18.9. The molecular formula is C30H35FN4O3. The van der Waals surface area contributed by atoms with Crippen molar-refractivity contribution in [2.75, 3.05) is 33.4 Å². The first-order chi connectivity index (χ1) is 18.4. The number of nitrogens with zero attached hydrogens (tertiary/aromatic N) is 2. The van der Waals surface area contributed by atoms with Gasteiger partial charge in [0.1, 0.15) is 17.3 Å². The van der Waals surface area contributed by atoms with Gasteiger partial charge in [-0.3, -0.25) is 4.79 Å². The van der Waals surface area contributed by atoms with Crippen molar-refractivity contribution in [3.05, 3.63) is 71.3 Å². The van der Waals surface area contributed by atoms with E-state index in [1.807, 2.05) is 0 Å². The molecule has 2 atom stereocenters. The van der Waals surface area contributed by atoms with Gasteiger partial charge in [-0.1, -0.05) is 13.8 Å². The summed E-state index contributed by atoms with van der Waals surface area (Å²) in [5.74, 6) is 1.44. The van der Waals surface area contributed by atoms with E-state index in [1.165, 1.54) is 32.1 Å². The Morgan fingerprint density at radius 1 is 1.24 bits per heavy atom. The van der Waals surface area contributed by atoms with Gasteiger partial charge in [-0.05, 0) is 68.1 Å². The number of benzene rings is 1. The minimum Gasteiger partial charge on any atom is -0.490 e. The van der Waals surface area contributed by atoms with Crippen LogP contribution in [-0.4, -0.2) is 49.2 Å². The molecular weight excluding hydrogens is 483 g/mol. The summed E-state index contributed by atoms with van der Waals surface area (Å²) < 4.78 is 25.1. The van der Waals surface area contributed by atoms with Crippen LogP contribution in [0.15, 0.2) is 48.7 Å². The maximum Gasteiger partial charge on any atom is 0.251 e. The Morgan fingerprint density at radius 2 is 2.03 bits per heavy atom. The molecule has 0 spiro atoms. The summed E-state index contributed by atoms with van der Waals surface area (Å²) >= 11 is 0. The second kappa shape index (κ2) is 11.1. The zero-order valence-electron chi connectivity index (χ0n) is 22.2. The highest BCUT2D eigenvalue weighted by Crippen LogP contribution is 2.45. The van der Waals surface area contributed by atoms with E-state index in [-0.39, 0.29) is 23.1 Å². The fourth-order valence-electron chi connectivity index (χ4n) is 4.93. The maximum atomic E-state index is 13.7. The lowest BCUT2D eigenvalue weighted by Crippen LogP contribution is -2.38. The molecule has 200 valence electrons. The zero-order chi connectivity index (χ0) is 26.7. The highest BCUT2D eigenvalue weighted by atomic mass is 19.1. The molecule has 38 heavy (non-hydrogen) atoms. The number of aromatic nitrogens is 2. The molecule has 1 aliphatic carbocycles. The molecule has 3 aromatic rings. The Kier molecular flexibility index (Phi) is 7.61. The van der Waals surface area contributed by atoms with Gasteiger partial charge in [-0.25, -0.2) is 14.4 Å². The van der Waals surface area contributed by atoms with Crippen LogP contribution in [0.1, 0.15) is 60.6 Å². The number of rotatable bonds is 11. The quantitative estimate of drug-likeness (QED) is 0.377. The van der Waals surface area contributed by atoms with E-state index >= 15 is 0 Å². The molecule has 1 aliphatic heterocycles. The standard InChI is InChI=1S/C30H35FN4O3/c1-4-20(16-34-29(36)22-11-12-33-26(13-22)37-3)25-14-24-28(27(35-25)21-7-9-23(31)10-8-21)38-18-30(24,2)17-32-15-19-5-6-19/h7-14,19-20,32H,4-6,15-18H2,1-3H3,(H,34,36)/t20?,30-/m0/s1. The van der Waals surface area contributed by atoms with Gasteiger partial charge in [0.25, 0.3) is 5.91 Å². The van der Waals surface area contributed by atoms with Crippen molar-refractivity contribution < 1.29 is 18.7 Å². The lowest BCUT2D eigenvalue weighted by Gasteiger charge is -2.25. The lowest BCUT2D eigenvalue weighted by molar-refractivity contribution is 0.0950. The minimum absolute atomic E-state index is 0.0172. The molecule has 0 saturated heterocycles. The number of hydrogen-bond donors (Lipinski definition) is 2. The Hall–Kier alpha value is -3.52. The van der Waals surface area contributed by atoms with Crippen molar-refractivity contribution in [1.82, 2.24) is 20.6 Å². The van der Waals surface area contributed by atoms with Crippen LogP contribution in [0.5, 0.6) is 11.6 Å². The first-order valence-corrected chi connectivity index (χ1v) is 13.3. The third-order valence-electron chi connectivity index (χ3n) is 7.57.